The van der Waals surface area contributed by atoms with Gasteiger partial charge in [0.2, 0.25) is 0 Å². The average Bonchev–Trinajstić information content (AvgIpc) is 3.72. The lowest BCUT2D eigenvalue weighted by atomic mass is 10.0. The van der Waals surface area contributed by atoms with Crippen molar-refractivity contribution in [2.24, 2.45) is 0 Å². The molecule has 5 aromatic rings. The van der Waals surface area contributed by atoms with Gasteiger partial charge in [-0.2, -0.15) is 10.2 Å². The van der Waals surface area contributed by atoms with Gasteiger partial charge >= 0.3 is 0 Å². The lowest BCUT2D eigenvalue weighted by molar-refractivity contribution is -0.0365. The molecule has 0 radical (unpaired) electrons. The number of fused-ring (bicyclic) bond motifs is 2. The van der Waals surface area contributed by atoms with E-state index in [9.17, 15) is 0 Å². The lowest BCUT2D eigenvalue weighted by Gasteiger charge is -2.23. The molecule has 1 saturated heterocycles. The Balaban J connectivity index is 1.31. The van der Waals surface area contributed by atoms with Crippen LogP contribution in [0.5, 0.6) is 0 Å². The summed E-state index contributed by atoms with van der Waals surface area (Å²) in [5.41, 5.74) is 8.56. The predicted octanol–water partition coefficient (Wildman–Crippen LogP) is 4.90. The van der Waals surface area contributed by atoms with Crippen LogP contribution in [-0.2, 0) is 24.2 Å². The van der Waals surface area contributed by atoms with Crippen LogP contribution in [0.3, 0.4) is 0 Å². The fourth-order valence-electron chi connectivity index (χ4n) is 5.62. The van der Waals surface area contributed by atoms with Crippen molar-refractivity contribution in [1.29, 1.82) is 0 Å². The first kappa shape index (κ1) is 23.3. The van der Waals surface area contributed by atoms with Gasteiger partial charge in [-0.1, -0.05) is 24.3 Å². The summed E-state index contributed by atoms with van der Waals surface area (Å²) in [6, 6.07) is 13.0. The molecule has 5 heterocycles. The molecule has 1 fully saturated rings. The van der Waals surface area contributed by atoms with Gasteiger partial charge in [0.05, 0.1) is 23.6 Å². The number of ether oxygens (including phenoxy) is 1. The second-order valence-corrected chi connectivity index (χ2v) is 10.3. The molecule has 2 aliphatic rings. The molecule has 0 aliphatic carbocycles. The van der Waals surface area contributed by atoms with E-state index in [1.54, 1.807) is 0 Å². The molecule has 1 atom stereocenters. The van der Waals surface area contributed by atoms with Gasteiger partial charge in [0.1, 0.15) is 11.4 Å². The normalized spacial score (nSPS) is 17.7. The molecule has 0 bridgehead atoms. The molecule has 1 unspecified atom stereocenters. The third-order valence-electron chi connectivity index (χ3n) is 7.63. The summed E-state index contributed by atoms with van der Waals surface area (Å²) in [7, 11) is 0. The number of benzene rings is 2. The van der Waals surface area contributed by atoms with Gasteiger partial charge in [-0.25, -0.2) is 9.36 Å². The van der Waals surface area contributed by atoms with Gasteiger partial charge in [-0.3, -0.25) is 4.68 Å². The standard InChI is InChI=1S/C29H32N8O/c1-2-12-35-18-23(17-31-35)21-7-9-27-25(15-21)29(33-37(27)28-5-3-4-13-38-28)26-19-36(34-32-26)24-8-6-20-10-11-30-16-22(20)14-24/h6-9,14-15,17-19,28,30H,2-5,10-13,16H2,1H3. The van der Waals surface area contributed by atoms with Crippen LogP contribution in [0.2, 0.25) is 0 Å². The van der Waals surface area contributed by atoms with E-state index in [0.717, 1.165) is 97.5 Å². The van der Waals surface area contributed by atoms with E-state index >= 15 is 0 Å². The van der Waals surface area contributed by atoms with Crippen LogP contribution < -0.4 is 5.32 Å². The Morgan fingerprint density at radius 3 is 2.92 bits per heavy atom. The zero-order valence-electron chi connectivity index (χ0n) is 21.7. The van der Waals surface area contributed by atoms with Crippen molar-refractivity contribution in [3.05, 3.63) is 66.1 Å². The molecule has 0 amide bonds. The minimum atomic E-state index is -0.0682. The molecule has 38 heavy (non-hydrogen) atoms. The molecule has 7 rings (SSSR count). The zero-order chi connectivity index (χ0) is 25.5. The number of aromatic nitrogens is 7. The first-order valence-electron chi connectivity index (χ1n) is 13.7. The molecule has 3 aromatic heterocycles. The third kappa shape index (κ3) is 4.21. The van der Waals surface area contributed by atoms with Gasteiger partial charge in [0.25, 0.3) is 0 Å². The fourth-order valence-corrected chi connectivity index (χ4v) is 5.62. The Hall–Kier alpha value is -3.82. The van der Waals surface area contributed by atoms with Crippen molar-refractivity contribution in [3.63, 3.8) is 0 Å². The maximum absolute atomic E-state index is 6.13. The van der Waals surface area contributed by atoms with Gasteiger partial charge in [-0.05, 0) is 79.6 Å². The molecule has 0 spiro atoms. The first-order valence-corrected chi connectivity index (χ1v) is 13.7. The lowest BCUT2D eigenvalue weighted by Crippen LogP contribution is -2.23. The second kappa shape index (κ2) is 9.81. The van der Waals surface area contributed by atoms with E-state index in [1.807, 2.05) is 26.4 Å². The van der Waals surface area contributed by atoms with Crippen molar-refractivity contribution in [1.82, 2.24) is 39.9 Å². The van der Waals surface area contributed by atoms with Crippen molar-refractivity contribution in [3.8, 4) is 28.2 Å². The molecular weight excluding hydrogens is 476 g/mol. The van der Waals surface area contributed by atoms with Crippen LogP contribution in [0, 0.1) is 0 Å². The Morgan fingerprint density at radius 2 is 2.03 bits per heavy atom. The van der Waals surface area contributed by atoms with E-state index < -0.39 is 0 Å². The summed E-state index contributed by atoms with van der Waals surface area (Å²) >= 11 is 0. The van der Waals surface area contributed by atoms with Crippen LogP contribution in [0.25, 0.3) is 39.1 Å². The maximum atomic E-state index is 6.13. The largest absolute Gasteiger partial charge is 0.356 e. The van der Waals surface area contributed by atoms with Crippen LogP contribution in [0.4, 0.5) is 0 Å². The van der Waals surface area contributed by atoms with Crippen LogP contribution in [0.1, 0.15) is 50.0 Å². The van der Waals surface area contributed by atoms with Gasteiger partial charge in [-0.15, -0.1) is 5.10 Å². The highest BCUT2D eigenvalue weighted by Crippen LogP contribution is 2.35. The fraction of sp³-hybridized carbons (Fsp3) is 0.379. The van der Waals surface area contributed by atoms with E-state index in [-0.39, 0.29) is 6.23 Å². The molecule has 194 valence electrons. The highest BCUT2D eigenvalue weighted by atomic mass is 16.5. The summed E-state index contributed by atoms with van der Waals surface area (Å²) in [4.78, 5) is 0. The summed E-state index contributed by atoms with van der Waals surface area (Å²) in [5, 5.41) is 23.2. The molecular formula is C29H32N8O. The smallest absolute Gasteiger partial charge is 0.150 e. The Bertz CT molecular complexity index is 1590. The molecule has 2 aliphatic heterocycles. The van der Waals surface area contributed by atoms with E-state index in [1.165, 1.54) is 11.1 Å². The summed E-state index contributed by atoms with van der Waals surface area (Å²) < 4.78 is 12.0. The molecule has 0 saturated carbocycles. The Morgan fingerprint density at radius 1 is 1.05 bits per heavy atom. The number of rotatable bonds is 6. The molecule has 1 N–H and O–H groups in total. The number of hydrogen-bond donors (Lipinski definition) is 1. The van der Waals surface area contributed by atoms with Crippen LogP contribution >= 0.6 is 0 Å². The van der Waals surface area contributed by atoms with Gasteiger partial charge in [0, 0.05) is 36.8 Å². The third-order valence-corrected chi connectivity index (χ3v) is 7.63. The zero-order valence-corrected chi connectivity index (χ0v) is 21.7. The predicted molar refractivity (Wildman–Crippen MR) is 146 cm³/mol. The van der Waals surface area contributed by atoms with Gasteiger partial charge < -0.3 is 10.1 Å². The van der Waals surface area contributed by atoms with Crippen LogP contribution in [-0.4, -0.2) is 47.7 Å². The quantitative estimate of drug-likeness (QED) is 0.351. The SMILES string of the molecule is CCCn1cc(-c2ccc3c(c2)c(-c2cn(-c4ccc5c(c4)CNCC5)nn2)nn3C2CCCCO2)cn1. The Labute approximate surface area is 221 Å². The molecule has 2 aromatic carbocycles. The van der Waals surface area contributed by atoms with E-state index in [2.05, 4.69) is 70.2 Å². The maximum Gasteiger partial charge on any atom is 0.150 e. The molecule has 9 heteroatoms. The van der Waals surface area contributed by atoms with Crippen molar-refractivity contribution in [2.45, 2.75) is 58.3 Å². The number of nitrogens with one attached hydrogen (secondary N) is 1. The number of aryl methyl sites for hydroxylation is 1. The van der Waals surface area contributed by atoms with Crippen molar-refractivity contribution in [2.75, 3.05) is 13.2 Å². The van der Waals surface area contributed by atoms with Gasteiger partial charge in [0.15, 0.2) is 6.23 Å². The number of nitrogens with zero attached hydrogens (tertiary/aromatic N) is 7. The second-order valence-electron chi connectivity index (χ2n) is 10.3. The highest BCUT2D eigenvalue weighted by molar-refractivity contribution is 5.95. The summed E-state index contributed by atoms with van der Waals surface area (Å²) in [6.07, 6.45) is 11.3. The first-order chi connectivity index (χ1) is 18.8. The Kier molecular flexibility index (Phi) is 6.02. The van der Waals surface area contributed by atoms with E-state index in [0.29, 0.717) is 0 Å². The summed E-state index contributed by atoms with van der Waals surface area (Å²) in [6.45, 7) is 5.75. The highest BCUT2D eigenvalue weighted by Gasteiger charge is 2.23. The van der Waals surface area contributed by atoms with Crippen molar-refractivity contribution >= 4 is 10.9 Å². The molecule has 9 nitrogen and oxygen atoms in total. The topological polar surface area (TPSA) is 87.6 Å². The summed E-state index contributed by atoms with van der Waals surface area (Å²) in [5.74, 6) is 0. The minimum Gasteiger partial charge on any atom is -0.356 e. The van der Waals surface area contributed by atoms with Crippen LogP contribution in [0.15, 0.2) is 55.0 Å². The number of hydrogen-bond acceptors (Lipinski definition) is 6. The minimum absolute atomic E-state index is 0.0682. The average molecular weight is 509 g/mol. The monoisotopic (exact) mass is 508 g/mol. The van der Waals surface area contributed by atoms with Crippen molar-refractivity contribution < 1.29 is 4.74 Å². The van der Waals surface area contributed by atoms with E-state index in [4.69, 9.17) is 9.84 Å².